The van der Waals surface area contributed by atoms with Crippen LogP contribution in [0, 0.1) is 0 Å². The fourth-order valence-electron chi connectivity index (χ4n) is 4.66. The Kier molecular flexibility index (Phi) is 6.99. The maximum atomic E-state index is 13.0. The molecule has 0 aliphatic carbocycles. The minimum Gasteiger partial charge on any atom is -0.383 e. The number of hydrogen-bond acceptors (Lipinski definition) is 6. The molecule has 0 bridgehead atoms. The quantitative estimate of drug-likeness (QED) is 0.719. The first kappa shape index (κ1) is 22.2. The molecule has 2 aliphatic rings. The second-order valence-corrected chi connectivity index (χ2v) is 8.62. The standard InChI is InChI=1S/C24H32N6O2/c1-2-19-8-4-6-11-29(19)16-22(31)30-12-9-21-17(15-30)13-20(23(25)28-21)24(32)27-14-18-7-3-5-10-26-18/h3,5,7,10,13,19H,2,4,6,8-9,11-12,14-16H2,1H3,(H2,25,28)(H,27,32)/t19-/m1/s1. The van der Waals surface area contributed by atoms with Crippen molar-refractivity contribution in [2.75, 3.05) is 25.4 Å². The van der Waals surface area contributed by atoms with Crippen molar-refractivity contribution in [2.45, 2.75) is 58.2 Å². The molecule has 2 aromatic heterocycles. The van der Waals surface area contributed by atoms with E-state index in [0.29, 0.717) is 44.2 Å². The molecule has 1 atom stereocenters. The number of nitrogen functional groups attached to an aromatic ring is 1. The van der Waals surface area contributed by atoms with Gasteiger partial charge in [-0.25, -0.2) is 4.98 Å². The molecule has 2 aromatic rings. The van der Waals surface area contributed by atoms with Gasteiger partial charge in [-0.1, -0.05) is 19.4 Å². The fourth-order valence-corrected chi connectivity index (χ4v) is 4.66. The average Bonchev–Trinajstić information content (AvgIpc) is 2.82. The summed E-state index contributed by atoms with van der Waals surface area (Å²) in [7, 11) is 0. The van der Waals surface area contributed by atoms with E-state index >= 15 is 0 Å². The highest BCUT2D eigenvalue weighted by Crippen LogP contribution is 2.24. The maximum absolute atomic E-state index is 13.0. The van der Waals surface area contributed by atoms with Gasteiger partial charge >= 0.3 is 0 Å². The number of nitrogens with one attached hydrogen (secondary N) is 1. The molecule has 0 saturated carbocycles. The van der Waals surface area contributed by atoms with Crippen LogP contribution in [0.15, 0.2) is 30.5 Å². The molecule has 4 heterocycles. The summed E-state index contributed by atoms with van der Waals surface area (Å²) >= 11 is 0. The molecular formula is C24H32N6O2. The number of fused-ring (bicyclic) bond motifs is 1. The fraction of sp³-hybridized carbons (Fsp3) is 0.500. The number of likely N-dealkylation sites (tertiary alicyclic amines) is 1. The Morgan fingerprint density at radius 1 is 1.25 bits per heavy atom. The summed E-state index contributed by atoms with van der Waals surface area (Å²) in [6.45, 7) is 5.07. The number of piperidine rings is 1. The van der Waals surface area contributed by atoms with Crippen LogP contribution in [0.25, 0.3) is 0 Å². The van der Waals surface area contributed by atoms with E-state index in [1.165, 1.54) is 12.8 Å². The Labute approximate surface area is 189 Å². The van der Waals surface area contributed by atoms with Crippen molar-refractivity contribution in [2.24, 2.45) is 0 Å². The Hall–Kier alpha value is -3.00. The summed E-state index contributed by atoms with van der Waals surface area (Å²) in [6, 6.07) is 7.85. The van der Waals surface area contributed by atoms with Crippen molar-refractivity contribution in [3.8, 4) is 0 Å². The zero-order valence-electron chi connectivity index (χ0n) is 18.7. The second kappa shape index (κ2) is 10.1. The van der Waals surface area contributed by atoms with Crippen LogP contribution in [0.4, 0.5) is 5.82 Å². The molecule has 170 valence electrons. The van der Waals surface area contributed by atoms with E-state index < -0.39 is 0 Å². The van der Waals surface area contributed by atoms with Gasteiger partial charge in [0, 0.05) is 37.4 Å². The molecule has 8 nitrogen and oxygen atoms in total. The number of aromatic nitrogens is 2. The summed E-state index contributed by atoms with van der Waals surface area (Å²) in [4.78, 5) is 38.7. The molecule has 2 aliphatic heterocycles. The molecule has 32 heavy (non-hydrogen) atoms. The number of carbonyl (C=O) groups is 2. The normalized spacial score (nSPS) is 18.8. The molecule has 8 heteroatoms. The second-order valence-electron chi connectivity index (χ2n) is 8.62. The number of nitrogens with two attached hydrogens (primary N) is 1. The molecule has 1 saturated heterocycles. The van der Waals surface area contributed by atoms with Crippen LogP contribution in [0.5, 0.6) is 0 Å². The third-order valence-electron chi connectivity index (χ3n) is 6.51. The number of pyridine rings is 2. The van der Waals surface area contributed by atoms with E-state index in [1.807, 2.05) is 23.1 Å². The van der Waals surface area contributed by atoms with Crippen molar-refractivity contribution < 1.29 is 9.59 Å². The van der Waals surface area contributed by atoms with Crippen molar-refractivity contribution in [1.29, 1.82) is 0 Å². The van der Waals surface area contributed by atoms with Crippen molar-refractivity contribution in [3.63, 3.8) is 0 Å². The van der Waals surface area contributed by atoms with E-state index in [0.717, 1.165) is 36.3 Å². The van der Waals surface area contributed by atoms with Crippen molar-refractivity contribution in [1.82, 2.24) is 25.1 Å². The summed E-state index contributed by atoms with van der Waals surface area (Å²) in [5.41, 5.74) is 8.97. The minimum atomic E-state index is -0.286. The summed E-state index contributed by atoms with van der Waals surface area (Å²) in [6.07, 6.45) is 7.00. The molecule has 1 fully saturated rings. The summed E-state index contributed by atoms with van der Waals surface area (Å²) in [5, 5.41) is 2.85. The van der Waals surface area contributed by atoms with Gasteiger partial charge in [-0.15, -0.1) is 0 Å². The monoisotopic (exact) mass is 436 g/mol. The van der Waals surface area contributed by atoms with Gasteiger partial charge in [0.15, 0.2) is 0 Å². The highest BCUT2D eigenvalue weighted by molar-refractivity contribution is 5.98. The highest BCUT2D eigenvalue weighted by Gasteiger charge is 2.28. The molecule has 0 spiro atoms. The Bertz CT molecular complexity index is 964. The molecule has 0 unspecified atom stereocenters. The van der Waals surface area contributed by atoms with Crippen molar-refractivity contribution in [3.05, 3.63) is 53.0 Å². The van der Waals surface area contributed by atoms with E-state index in [4.69, 9.17) is 5.73 Å². The first-order chi connectivity index (χ1) is 15.5. The molecule has 4 rings (SSSR count). The maximum Gasteiger partial charge on any atom is 0.255 e. The largest absolute Gasteiger partial charge is 0.383 e. The van der Waals surface area contributed by atoms with Gasteiger partial charge in [-0.3, -0.25) is 19.5 Å². The Morgan fingerprint density at radius 3 is 2.91 bits per heavy atom. The van der Waals surface area contributed by atoms with Crippen LogP contribution in [0.2, 0.25) is 0 Å². The lowest BCUT2D eigenvalue weighted by Crippen LogP contribution is -2.47. The van der Waals surface area contributed by atoms with E-state index in [1.54, 1.807) is 12.3 Å². The lowest BCUT2D eigenvalue weighted by atomic mass is 9.99. The van der Waals surface area contributed by atoms with Gasteiger partial charge in [-0.05, 0) is 49.6 Å². The Balaban J connectivity index is 1.42. The predicted octanol–water partition coefficient (Wildman–Crippen LogP) is 2.14. The van der Waals surface area contributed by atoms with Crippen LogP contribution in [-0.4, -0.2) is 57.3 Å². The molecule has 2 amide bonds. The van der Waals surface area contributed by atoms with Crippen LogP contribution in [0.3, 0.4) is 0 Å². The third-order valence-corrected chi connectivity index (χ3v) is 6.51. The van der Waals surface area contributed by atoms with Gasteiger partial charge in [0.1, 0.15) is 5.82 Å². The number of nitrogens with zero attached hydrogens (tertiary/aromatic N) is 4. The van der Waals surface area contributed by atoms with Crippen LogP contribution >= 0.6 is 0 Å². The lowest BCUT2D eigenvalue weighted by Gasteiger charge is -2.37. The first-order valence-corrected chi connectivity index (χ1v) is 11.5. The zero-order chi connectivity index (χ0) is 22.5. The van der Waals surface area contributed by atoms with Crippen molar-refractivity contribution >= 4 is 17.6 Å². The Morgan fingerprint density at radius 2 is 2.12 bits per heavy atom. The van der Waals surface area contributed by atoms with E-state index in [2.05, 4.69) is 27.1 Å². The minimum absolute atomic E-state index is 0.147. The number of carbonyl (C=O) groups excluding carboxylic acids is 2. The average molecular weight is 437 g/mol. The predicted molar refractivity (Wildman–Crippen MR) is 123 cm³/mol. The van der Waals surface area contributed by atoms with Crippen LogP contribution < -0.4 is 11.1 Å². The van der Waals surface area contributed by atoms with Gasteiger partial charge in [0.2, 0.25) is 5.91 Å². The molecular weight excluding hydrogens is 404 g/mol. The topological polar surface area (TPSA) is 104 Å². The number of rotatable bonds is 6. The lowest BCUT2D eigenvalue weighted by molar-refractivity contribution is -0.134. The number of anilines is 1. The van der Waals surface area contributed by atoms with Crippen LogP contribution in [-0.2, 0) is 24.3 Å². The smallest absolute Gasteiger partial charge is 0.255 e. The SMILES string of the molecule is CC[C@@H]1CCCCN1CC(=O)N1CCc2nc(N)c(C(=O)NCc3ccccn3)cc2C1. The molecule has 0 radical (unpaired) electrons. The molecule has 0 aromatic carbocycles. The summed E-state index contributed by atoms with van der Waals surface area (Å²) in [5.74, 6) is 0.0844. The first-order valence-electron chi connectivity index (χ1n) is 11.5. The number of amides is 2. The van der Waals surface area contributed by atoms with E-state index in [9.17, 15) is 9.59 Å². The third kappa shape index (κ3) is 5.07. The zero-order valence-corrected chi connectivity index (χ0v) is 18.7. The highest BCUT2D eigenvalue weighted by atomic mass is 16.2. The van der Waals surface area contributed by atoms with E-state index in [-0.39, 0.29) is 17.6 Å². The van der Waals surface area contributed by atoms with Gasteiger partial charge in [0.25, 0.3) is 5.91 Å². The number of hydrogen-bond donors (Lipinski definition) is 2. The van der Waals surface area contributed by atoms with Gasteiger partial charge in [-0.2, -0.15) is 0 Å². The van der Waals surface area contributed by atoms with Crippen LogP contribution in [0.1, 0.15) is 59.9 Å². The van der Waals surface area contributed by atoms with Gasteiger partial charge in [0.05, 0.1) is 24.3 Å². The molecule has 3 N–H and O–H groups in total. The van der Waals surface area contributed by atoms with Gasteiger partial charge < -0.3 is 16.0 Å². The summed E-state index contributed by atoms with van der Waals surface area (Å²) < 4.78 is 0.